The molecular formula is C14H16BrN3. The molecule has 0 saturated heterocycles. The van der Waals surface area contributed by atoms with Crippen molar-refractivity contribution in [3.63, 3.8) is 0 Å². The third-order valence-corrected chi connectivity index (χ3v) is 4.05. The SMILES string of the molecule is Cc1ccc(C(NN)c2cccc(C)c2Br)cn1. The van der Waals surface area contributed by atoms with Gasteiger partial charge in [-0.3, -0.25) is 10.8 Å². The van der Waals surface area contributed by atoms with Gasteiger partial charge in [0.1, 0.15) is 0 Å². The first-order chi connectivity index (χ1) is 8.63. The zero-order chi connectivity index (χ0) is 13.1. The molecule has 1 heterocycles. The lowest BCUT2D eigenvalue weighted by Crippen LogP contribution is -2.29. The second kappa shape index (κ2) is 5.61. The number of hydrazine groups is 1. The smallest absolute Gasteiger partial charge is 0.0735 e. The molecule has 0 aliphatic rings. The van der Waals surface area contributed by atoms with E-state index >= 15 is 0 Å². The van der Waals surface area contributed by atoms with Crippen LogP contribution in [-0.4, -0.2) is 4.98 Å². The van der Waals surface area contributed by atoms with E-state index in [9.17, 15) is 0 Å². The Morgan fingerprint density at radius 2 is 2.00 bits per heavy atom. The van der Waals surface area contributed by atoms with Crippen LogP contribution in [0.1, 0.15) is 28.4 Å². The minimum atomic E-state index is -0.0626. The number of nitrogens with one attached hydrogen (secondary N) is 1. The van der Waals surface area contributed by atoms with Gasteiger partial charge in [0, 0.05) is 16.4 Å². The first-order valence-corrected chi connectivity index (χ1v) is 6.56. The number of hydrogen-bond acceptors (Lipinski definition) is 3. The summed E-state index contributed by atoms with van der Waals surface area (Å²) < 4.78 is 1.08. The number of halogens is 1. The summed E-state index contributed by atoms with van der Waals surface area (Å²) >= 11 is 3.62. The lowest BCUT2D eigenvalue weighted by molar-refractivity contribution is 0.631. The number of pyridine rings is 1. The zero-order valence-electron chi connectivity index (χ0n) is 10.4. The summed E-state index contributed by atoms with van der Waals surface area (Å²) in [5.74, 6) is 5.70. The van der Waals surface area contributed by atoms with E-state index in [-0.39, 0.29) is 6.04 Å². The Kier molecular flexibility index (Phi) is 4.11. The lowest BCUT2D eigenvalue weighted by atomic mass is 9.99. The summed E-state index contributed by atoms with van der Waals surface area (Å²) in [6.45, 7) is 4.03. The minimum Gasteiger partial charge on any atom is -0.271 e. The van der Waals surface area contributed by atoms with Gasteiger partial charge < -0.3 is 0 Å². The van der Waals surface area contributed by atoms with Crippen LogP contribution < -0.4 is 11.3 Å². The predicted octanol–water partition coefficient (Wildman–Crippen LogP) is 3.01. The highest BCUT2D eigenvalue weighted by Crippen LogP contribution is 2.30. The Hall–Kier alpha value is -1.23. The Morgan fingerprint density at radius 3 is 2.61 bits per heavy atom. The molecule has 2 rings (SSSR count). The third-order valence-electron chi connectivity index (χ3n) is 2.97. The summed E-state index contributed by atoms with van der Waals surface area (Å²) in [6, 6.07) is 10.1. The van der Waals surface area contributed by atoms with Crippen LogP contribution in [0.3, 0.4) is 0 Å². The van der Waals surface area contributed by atoms with E-state index < -0.39 is 0 Å². The van der Waals surface area contributed by atoms with Gasteiger partial charge in [-0.2, -0.15) is 0 Å². The molecule has 0 fully saturated rings. The van der Waals surface area contributed by atoms with Gasteiger partial charge in [-0.05, 0) is 36.6 Å². The summed E-state index contributed by atoms with van der Waals surface area (Å²) in [5, 5.41) is 0. The molecule has 2 aromatic rings. The van der Waals surface area contributed by atoms with E-state index in [1.807, 2.05) is 31.3 Å². The van der Waals surface area contributed by atoms with Crippen LogP contribution >= 0.6 is 15.9 Å². The van der Waals surface area contributed by atoms with Gasteiger partial charge >= 0.3 is 0 Å². The van der Waals surface area contributed by atoms with E-state index in [2.05, 4.69) is 45.4 Å². The zero-order valence-corrected chi connectivity index (χ0v) is 12.0. The number of aromatic nitrogens is 1. The average Bonchev–Trinajstić information content (AvgIpc) is 2.37. The van der Waals surface area contributed by atoms with Crippen LogP contribution in [0, 0.1) is 13.8 Å². The summed E-state index contributed by atoms with van der Waals surface area (Å²) in [6.07, 6.45) is 1.86. The second-order valence-corrected chi connectivity index (χ2v) is 5.10. The number of nitrogens with zero attached hydrogens (tertiary/aromatic N) is 1. The van der Waals surface area contributed by atoms with Crippen LogP contribution in [-0.2, 0) is 0 Å². The summed E-state index contributed by atoms with van der Waals surface area (Å²) in [5.41, 5.74) is 7.20. The van der Waals surface area contributed by atoms with Crippen molar-refractivity contribution >= 4 is 15.9 Å². The quantitative estimate of drug-likeness (QED) is 0.677. The van der Waals surface area contributed by atoms with Crippen LogP contribution in [0.25, 0.3) is 0 Å². The van der Waals surface area contributed by atoms with Gasteiger partial charge in [-0.25, -0.2) is 5.43 Å². The third kappa shape index (κ3) is 2.61. The maximum absolute atomic E-state index is 5.70. The number of rotatable bonds is 3. The largest absolute Gasteiger partial charge is 0.271 e. The fourth-order valence-electron chi connectivity index (χ4n) is 1.91. The van der Waals surface area contributed by atoms with E-state index in [0.717, 1.165) is 21.3 Å². The predicted molar refractivity (Wildman–Crippen MR) is 77.0 cm³/mol. The van der Waals surface area contributed by atoms with Gasteiger partial charge in [0.15, 0.2) is 0 Å². The van der Waals surface area contributed by atoms with E-state index in [4.69, 9.17) is 5.84 Å². The molecule has 0 aliphatic carbocycles. The summed E-state index contributed by atoms with van der Waals surface area (Å²) in [7, 11) is 0. The first kappa shape index (κ1) is 13.2. The Balaban J connectivity index is 2.45. The molecule has 1 aromatic carbocycles. The number of nitrogens with two attached hydrogens (primary N) is 1. The molecule has 0 amide bonds. The minimum absolute atomic E-state index is 0.0626. The highest BCUT2D eigenvalue weighted by Gasteiger charge is 2.16. The maximum Gasteiger partial charge on any atom is 0.0735 e. The van der Waals surface area contributed by atoms with Crippen molar-refractivity contribution in [2.75, 3.05) is 0 Å². The fourth-order valence-corrected chi connectivity index (χ4v) is 2.40. The molecule has 1 aromatic heterocycles. The van der Waals surface area contributed by atoms with E-state index in [1.165, 1.54) is 5.56 Å². The molecule has 0 radical (unpaired) electrons. The van der Waals surface area contributed by atoms with Crippen molar-refractivity contribution < 1.29 is 0 Å². The average molecular weight is 306 g/mol. The van der Waals surface area contributed by atoms with Gasteiger partial charge in [0.2, 0.25) is 0 Å². The molecule has 0 spiro atoms. The molecule has 0 saturated carbocycles. The van der Waals surface area contributed by atoms with Crippen LogP contribution in [0.2, 0.25) is 0 Å². The maximum atomic E-state index is 5.70. The van der Waals surface area contributed by atoms with Gasteiger partial charge in [0.25, 0.3) is 0 Å². The Bertz CT molecular complexity index is 537. The molecule has 3 N–H and O–H groups in total. The molecule has 0 aliphatic heterocycles. The standard InChI is InChI=1S/C14H16BrN3/c1-9-4-3-5-12(13(9)15)14(18-16)11-7-6-10(2)17-8-11/h3-8,14,18H,16H2,1-2H3. The summed E-state index contributed by atoms with van der Waals surface area (Å²) in [4.78, 5) is 4.31. The Labute approximate surface area is 116 Å². The lowest BCUT2D eigenvalue weighted by Gasteiger charge is -2.19. The molecule has 94 valence electrons. The molecule has 0 bridgehead atoms. The van der Waals surface area contributed by atoms with Crippen molar-refractivity contribution in [2.45, 2.75) is 19.9 Å². The van der Waals surface area contributed by atoms with Gasteiger partial charge in [-0.1, -0.05) is 40.2 Å². The molecule has 1 atom stereocenters. The van der Waals surface area contributed by atoms with Crippen molar-refractivity contribution in [3.05, 3.63) is 63.4 Å². The normalized spacial score (nSPS) is 12.4. The van der Waals surface area contributed by atoms with Crippen LogP contribution in [0.4, 0.5) is 0 Å². The monoisotopic (exact) mass is 305 g/mol. The van der Waals surface area contributed by atoms with E-state index in [0.29, 0.717) is 0 Å². The van der Waals surface area contributed by atoms with E-state index in [1.54, 1.807) is 0 Å². The van der Waals surface area contributed by atoms with Gasteiger partial charge in [-0.15, -0.1) is 0 Å². The first-order valence-electron chi connectivity index (χ1n) is 5.77. The van der Waals surface area contributed by atoms with Crippen molar-refractivity contribution in [2.24, 2.45) is 5.84 Å². The molecule has 18 heavy (non-hydrogen) atoms. The Morgan fingerprint density at radius 1 is 1.22 bits per heavy atom. The van der Waals surface area contributed by atoms with Gasteiger partial charge in [0.05, 0.1) is 6.04 Å². The fraction of sp³-hybridized carbons (Fsp3) is 0.214. The second-order valence-electron chi connectivity index (χ2n) is 4.31. The number of aryl methyl sites for hydroxylation is 2. The molecular weight excluding hydrogens is 290 g/mol. The van der Waals surface area contributed by atoms with Crippen molar-refractivity contribution in [1.82, 2.24) is 10.4 Å². The molecule has 4 heteroatoms. The molecule has 3 nitrogen and oxygen atoms in total. The number of benzene rings is 1. The van der Waals surface area contributed by atoms with Crippen molar-refractivity contribution in [1.29, 1.82) is 0 Å². The number of hydrogen-bond donors (Lipinski definition) is 2. The topological polar surface area (TPSA) is 50.9 Å². The molecule has 1 unspecified atom stereocenters. The van der Waals surface area contributed by atoms with Crippen LogP contribution in [0.5, 0.6) is 0 Å². The van der Waals surface area contributed by atoms with Crippen molar-refractivity contribution in [3.8, 4) is 0 Å². The highest BCUT2D eigenvalue weighted by atomic mass is 79.9. The highest BCUT2D eigenvalue weighted by molar-refractivity contribution is 9.10. The van der Waals surface area contributed by atoms with Crippen LogP contribution in [0.15, 0.2) is 41.0 Å².